The lowest BCUT2D eigenvalue weighted by molar-refractivity contribution is -0.143. The number of ether oxygens (including phenoxy) is 1. The average molecular weight is 258 g/mol. The molecule has 1 rings (SSSR count). The molecule has 1 N–H and O–H groups in total. The Morgan fingerprint density at radius 1 is 1.50 bits per heavy atom. The van der Waals surface area contributed by atoms with Crippen LogP contribution in [0.2, 0.25) is 0 Å². The van der Waals surface area contributed by atoms with Gasteiger partial charge in [-0.2, -0.15) is 0 Å². The minimum absolute atomic E-state index is 0.0829. The summed E-state index contributed by atoms with van der Waals surface area (Å²) in [5, 5.41) is 9.00. The van der Waals surface area contributed by atoms with Crippen molar-refractivity contribution in [3.05, 3.63) is 0 Å². The van der Waals surface area contributed by atoms with Gasteiger partial charge in [0.25, 0.3) is 0 Å². The van der Waals surface area contributed by atoms with Crippen molar-refractivity contribution in [3.8, 4) is 0 Å². The van der Waals surface area contributed by atoms with Crippen LogP contribution in [0.1, 0.15) is 19.8 Å². The molecule has 0 aromatic heterocycles. The summed E-state index contributed by atoms with van der Waals surface area (Å²) in [5.41, 5.74) is 0. The molecule has 0 saturated carbocycles. The van der Waals surface area contributed by atoms with E-state index in [-0.39, 0.29) is 6.03 Å². The van der Waals surface area contributed by atoms with Gasteiger partial charge in [-0.3, -0.25) is 4.79 Å². The molecule has 1 atom stereocenters. The Balaban J connectivity index is 2.55. The van der Waals surface area contributed by atoms with Crippen molar-refractivity contribution in [1.29, 1.82) is 0 Å². The number of likely N-dealkylation sites (N-methyl/N-ethyl adjacent to an activating group) is 1. The van der Waals surface area contributed by atoms with Gasteiger partial charge in [-0.15, -0.1) is 0 Å². The molecule has 6 heteroatoms. The molecule has 0 spiro atoms. The van der Waals surface area contributed by atoms with E-state index >= 15 is 0 Å². The van der Waals surface area contributed by atoms with Gasteiger partial charge < -0.3 is 19.6 Å². The number of carboxylic acids is 1. The Kier molecular flexibility index (Phi) is 5.91. The first-order valence-corrected chi connectivity index (χ1v) is 6.35. The minimum atomic E-state index is -0.813. The molecule has 2 amide bonds. The Morgan fingerprint density at radius 3 is 2.78 bits per heavy atom. The van der Waals surface area contributed by atoms with E-state index in [9.17, 15) is 9.59 Å². The number of methoxy groups -OCH3 is 1. The number of hydrogen-bond donors (Lipinski definition) is 1. The molecule has 0 unspecified atom stereocenters. The maximum Gasteiger partial charge on any atom is 0.320 e. The van der Waals surface area contributed by atoms with Crippen LogP contribution in [0.5, 0.6) is 0 Å². The highest BCUT2D eigenvalue weighted by Crippen LogP contribution is 2.17. The highest BCUT2D eigenvalue weighted by atomic mass is 16.5. The summed E-state index contributed by atoms with van der Waals surface area (Å²) >= 11 is 0. The number of rotatable bonds is 5. The van der Waals surface area contributed by atoms with Gasteiger partial charge in [0.1, 0.15) is 0 Å². The van der Waals surface area contributed by atoms with Crippen molar-refractivity contribution >= 4 is 12.0 Å². The molecule has 1 fully saturated rings. The molecule has 1 aliphatic heterocycles. The molecule has 0 aliphatic carbocycles. The van der Waals surface area contributed by atoms with Crippen LogP contribution in [0.15, 0.2) is 0 Å². The number of urea groups is 1. The first-order chi connectivity index (χ1) is 8.60. The van der Waals surface area contributed by atoms with Crippen LogP contribution in [-0.4, -0.2) is 66.8 Å². The van der Waals surface area contributed by atoms with Gasteiger partial charge in [0, 0.05) is 33.3 Å². The normalized spacial score (nSPS) is 19.7. The van der Waals surface area contributed by atoms with Crippen LogP contribution >= 0.6 is 0 Å². The van der Waals surface area contributed by atoms with Gasteiger partial charge in [-0.25, -0.2) is 4.79 Å². The van der Waals surface area contributed by atoms with E-state index < -0.39 is 11.9 Å². The monoisotopic (exact) mass is 258 g/mol. The van der Waals surface area contributed by atoms with Crippen molar-refractivity contribution in [2.75, 3.05) is 39.9 Å². The second-order valence-electron chi connectivity index (χ2n) is 4.48. The fourth-order valence-corrected chi connectivity index (χ4v) is 2.14. The van der Waals surface area contributed by atoms with E-state index in [0.717, 1.165) is 6.42 Å². The fraction of sp³-hybridized carbons (Fsp3) is 0.833. The SMILES string of the molecule is CCN(CCOC)C(=O)N1CCC[C@H](C(=O)O)C1. The molecule has 1 heterocycles. The highest BCUT2D eigenvalue weighted by Gasteiger charge is 2.29. The first-order valence-electron chi connectivity index (χ1n) is 6.35. The molecule has 104 valence electrons. The summed E-state index contributed by atoms with van der Waals surface area (Å²) in [5.74, 6) is -1.24. The topological polar surface area (TPSA) is 70.1 Å². The number of likely N-dealkylation sites (tertiary alicyclic amines) is 1. The third-order valence-corrected chi connectivity index (χ3v) is 3.26. The number of piperidine rings is 1. The third-order valence-electron chi connectivity index (χ3n) is 3.26. The quantitative estimate of drug-likeness (QED) is 0.794. The molecule has 0 aromatic carbocycles. The van der Waals surface area contributed by atoms with Crippen LogP contribution in [0.25, 0.3) is 0 Å². The van der Waals surface area contributed by atoms with Gasteiger partial charge in [0.15, 0.2) is 0 Å². The first kappa shape index (κ1) is 14.8. The van der Waals surface area contributed by atoms with Gasteiger partial charge in [-0.1, -0.05) is 0 Å². The number of carbonyl (C=O) groups excluding carboxylic acids is 1. The molecule has 6 nitrogen and oxygen atoms in total. The lowest BCUT2D eigenvalue weighted by Crippen LogP contribution is -2.49. The summed E-state index contributed by atoms with van der Waals surface area (Å²) in [6.07, 6.45) is 1.41. The summed E-state index contributed by atoms with van der Waals surface area (Å²) in [7, 11) is 1.60. The molecule has 0 radical (unpaired) electrons. The van der Waals surface area contributed by atoms with Crippen LogP contribution in [-0.2, 0) is 9.53 Å². The second kappa shape index (κ2) is 7.20. The summed E-state index contributed by atoms with van der Waals surface area (Å²) in [4.78, 5) is 26.5. The van der Waals surface area contributed by atoms with Crippen LogP contribution in [0.3, 0.4) is 0 Å². The van der Waals surface area contributed by atoms with Gasteiger partial charge in [0.05, 0.1) is 12.5 Å². The molecular weight excluding hydrogens is 236 g/mol. The summed E-state index contributed by atoms with van der Waals surface area (Å²) in [6, 6.07) is -0.0829. The fourth-order valence-electron chi connectivity index (χ4n) is 2.14. The van der Waals surface area contributed by atoms with E-state index in [1.54, 1.807) is 16.9 Å². The van der Waals surface area contributed by atoms with Crippen molar-refractivity contribution in [1.82, 2.24) is 9.80 Å². The lowest BCUT2D eigenvalue weighted by Gasteiger charge is -2.34. The summed E-state index contributed by atoms with van der Waals surface area (Å²) in [6.45, 7) is 4.52. The van der Waals surface area contributed by atoms with Gasteiger partial charge >= 0.3 is 12.0 Å². The Bertz CT molecular complexity index is 296. The van der Waals surface area contributed by atoms with Crippen LogP contribution < -0.4 is 0 Å². The highest BCUT2D eigenvalue weighted by molar-refractivity contribution is 5.76. The molecular formula is C12H22N2O4. The van der Waals surface area contributed by atoms with E-state index in [1.165, 1.54) is 0 Å². The number of amides is 2. The molecule has 0 aromatic rings. The van der Waals surface area contributed by atoms with Crippen LogP contribution in [0.4, 0.5) is 4.79 Å². The molecule has 1 saturated heterocycles. The van der Waals surface area contributed by atoms with Crippen molar-refractivity contribution < 1.29 is 19.4 Å². The number of carbonyl (C=O) groups is 2. The smallest absolute Gasteiger partial charge is 0.320 e. The zero-order valence-electron chi connectivity index (χ0n) is 11.1. The molecule has 1 aliphatic rings. The number of carboxylic acid groups (broad SMARTS) is 1. The Morgan fingerprint density at radius 2 is 2.22 bits per heavy atom. The number of aliphatic carboxylic acids is 1. The van der Waals surface area contributed by atoms with Crippen molar-refractivity contribution in [2.45, 2.75) is 19.8 Å². The zero-order chi connectivity index (χ0) is 13.5. The third kappa shape index (κ3) is 3.87. The van der Waals surface area contributed by atoms with Gasteiger partial charge in [0.2, 0.25) is 0 Å². The van der Waals surface area contributed by atoms with Crippen molar-refractivity contribution in [2.24, 2.45) is 5.92 Å². The van der Waals surface area contributed by atoms with E-state index in [2.05, 4.69) is 0 Å². The maximum atomic E-state index is 12.2. The number of hydrogen-bond acceptors (Lipinski definition) is 3. The Hall–Kier alpha value is -1.30. The number of nitrogens with zero attached hydrogens (tertiary/aromatic N) is 2. The van der Waals surface area contributed by atoms with Crippen molar-refractivity contribution in [3.63, 3.8) is 0 Å². The van der Waals surface area contributed by atoms with E-state index in [0.29, 0.717) is 39.2 Å². The molecule has 18 heavy (non-hydrogen) atoms. The lowest BCUT2D eigenvalue weighted by atomic mass is 9.99. The standard InChI is InChI=1S/C12H22N2O4/c1-3-13(7-8-18-2)12(17)14-6-4-5-10(9-14)11(15)16/h10H,3-9H2,1-2H3,(H,15,16)/t10-/m0/s1. The van der Waals surface area contributed by atoms with Crippen LogP contribution in [0, 0.1) is 5.92 Å². The van der Waals surface area contributed by atoms with E-state index in [1.807, 2.05) is 6.92 Å². The molecule has 0 bridgehead atoms. The predicted octanol–water partition coefficient (Wildman–Crippen LogP) is 0.871. The largest absolute Gasteiger partial charge is 0.481 e. The zero-order valence-corrected chi connectivity index (χ0v) is 11.1. The maximum absolute atomic E-state index is 12.2. The predicted molar refractivity (Wildman–Crippen MR) is 66.5 cm³/mol. The summed E-state index contributed by atoms with van der Waals surface area (Å²) < 4.78 is 4.96. The van der Waals surface area contributed by atoms with E-state index in [4.69, 9.17) is 9.84 Å². The average Bonchev–Trinajstić information content (AvgIpc) is 2.39. The van der Waals surface area contributed by atoms with Gasteiger partial charge in [-0.05, 0) is 19.8 Å². The minimum Gasteiger partial charge on any atom is -0.481 e. The second-order valence-corrected chi connectivity index (χ2v) is 4.48. The Labute approximate surface area is 107 Å².